The smallest absolute Gasteiger partial charge is 0.232 e. The number of ether oxygens (including phenoxy) is 1. The molecule has 0 aliphatic heterocycles. The molecule has 134 valence electrons. The van der Waals surface area contributed by atoms with Crippen LogP contribution < -0.4 is 4.74 Å². The average molecular weight is 391 g/mol. The lowest BCUT2D eigenvalue weighted by molar-refractivity contribution is 0.213. The molecule has 2 heterocycles. The molecule has 0 N–H and O–H groups in total. The summed E-state index contributed by atoms with van der Waals surface area (Å²) in [6.45, 7) is 0.248. The van der Waals surface area contributed by atoms with Crippen LogP contribution in [0.25, 0.3) is 0 Å². The van der Waals surface area contributed by atoms with E-state index in [0.717, 1.165) is 11.1 Å². The Bertz CT molecular complexity index is 940. The number of oxime groups is 1. The third-order valence-electron chi connectivity index (χ3n) is 3.63. The van der Waals surface area contributed by atoms with Gasteiger partial charge in [0.25, 0.3) is 0 Å². The van der Waals surface area contributed by atoms with Gasteiger partial charge in [-0.15, -0.1) is 0 Å². The Morgan fingerprint density at radius 1 is 1.23 bits per heavy atom. The number of nitrogens with zero attached hydrogens (tertiary/aromatic N) is 4. The molecular formula is C18H16Cl2N4O2. The van der Waals surface area contributed by atoms with Crippen molar-refractivity contribution in [2.75, 3.05) is 7.11 Å². The normalized spacial score (nSPS) is 11.5. The first-order valence-electron chi connectivity index (χ1n) is 7.71. The van der Waals surface area contributed by atoms with Gasteiger partial charge < -0.3 is 14.1 Å². The van der Waals surface area contributed by atoms with Gasteiger partial charge >= 0.3 is 0 Å². The minimum Gasteiger partial charge on any atom is -0.472 e. The van der Waals surface area contributed by atoms with Gasteiger partial charge in [-0.05, 0) is 11.6 Å². The van der Waals surface area contributed by atoms with Gasteiger partial charge in [-0.1, -0.05) is 52.6 Å². The fourth-order valence-electron chi connectivity index (χ4n) is 2.43. The Labute approximate surface area is 161 Å². The molecule has 0 aliphatic carbocycles. The Morgan fingerprint density at radius 2 is 2.04 bits per heavy atom. The Balaban J connectivity index is 1.92. The molecule has 3 rings (SSSR count). The summed E-state index contributed by atoms with van der Waals surface area (Å²) in [6.07, 6.45) is 5.04. The molecule has 6 nitrogen and oxygen atoms in total. The van der Waals surface area contributed by atoms with E-state index in [1.165, 1.54) is 13.3 Å². The van der Waals surface area contributed by atoms with E-state index >= 15 is 0 Å². The molecule has 0 spiro atoms. The number of rotatable bonds is 6. The number of imidazole rings is 1. The number of aryl methyl sites for hydroxylation is 1. The molecule has 0 radical (unpaired) electrons. The number of benzene rings is 1. The van der Waals surface area contributed by atoms with Gasteiger partial charge in [0.05, 0.1) is 5.02 Å². The van der Waals surface area contributed by atoms with E-state index < -0.39 is 0 Å². The highest BCUT2D eigenvalue weighted by Crippen LogP contribution is 2.26. The van der Waals surface area contributed by atoms with E-state index in [1.807, 2.05) is 42.1 Å². The standard InChI is InChI=1S/C18H16Cl2N4O2/c1-24-8-7-21-17(24)16(23-25-2)14-6-4-3-5-12(14)11-26-18-15(20)9-13(19)10-22-18/h3-10H,11H2,1-2H3/b23-16+. The molecule has 0 unspecified atom stereocenters. The highest BCUT2D eigenvalue weighted by atomic mass is 35.5. The lowest BCUT2D eigenvalue weighted by Gasteiger charge is -2.13. The summed E-state index contributed by atoms with van der Waals surface area (Å²) in [7, 11) is 3.39. The van der Waals surface area contributed by atoms with Gasteiger partial charge in [-0.2, -0.15) is 0 Å². The van der Waals surface area contributed by atoms with E-state index in [2.05, 4.69) is 15.1 Å². The van der Waals surface area contributed by atoms with Crippen molar-refractivity contribution in [1.82, 2.24) is 14.5 Å². The number of aromatic nitrogens is 3. The molecule has 0 fully saturated rings. The lowest BCUT2D eigenvalue weighted by Crippen LogP contribution is -2.14. The van der Waals surface area contributed by atoms with Crippen LogP contribution in [-0.4, -0.2) is 27.4 Å². The Hall–Kier alpha value is -2.57. The zero-order valence-electron chi connectivity index (χ0n) is 14.2. The second-order valence-electron chi connectivity index (χ2n) is 5.37. The number of hydrogen-bond acceptors (Lipinski definition) is 5. The van der Waals surface area contributed by atoms with E-state index in [1.54, 1.807) is 12.3 Å². The van der Waals surface area contributed by atoms with Crippen LogP contribution in [0.5, 0.6) is 5.88 Å². The number of hydrogen-bond donors (Lipinski definition) is 0. The fourth-order valence-corrected chi connectivity index (χ4v) is 2.86. The van der Waals surface area contributed by atoms with Crippen LogP contribution in [0.3, 0.4) is 0 Å². The van der Waals surface area contributed by atoms with Crippen LogP contribution in [0.2, 0.25) is 10.0 Å². The topological polar surface area (TPSA) is 61.5 Å². The average Bonchev–Trinajstić information content (AvgIpc) is 3.05. The van der Waals surface area contributed by atoms with Gasteiger partial charge in [-0.3, -0.25) is 0 Å². The summed E-state index contributed by atoms with van der Waals surface area (Å²) in [4.78, 5) is 13.5. The maximum atomic E-state index is 6.12. The summed E-state index contributed by atoms with van der Waals surface area (Å²) in [5, 5.41) is 4.96. The van der Waals surface area contributed by atoms with Crippen LogP contribution in [0.1, 0.15) is 17.0 Å². The number of halogens is 2. The molecule has 0 saturated carbocycles. The third-order valence-corrected chi connectivity index (χ3v) is 4.10. The summed E-state index contributed by atoms with van der Waals surface area (Å²) in [5.74, 6) is 0.995. The lowest BCUT2D eigenvalue weighted by atomic mass is 10.0. The highest BCUT2D eigenvalue weighted by Gasteiger charge is 2.17. The summed E-state index contributed by atoms with van der Waals surface area (Å²) >= 11 is 12.0. The predicted molar refractivity (Wildman–Crippen MR) is 101 cm³/mol. The number of pyridine rings is 1. The first kappa shape index (κ1) is 18.2. The first-order valence-corrected chi connectivity index (χ1v) is 8.46. The third kappa shape index (κ3) is 3.98. The molecule has 2 aromatic heterocycles. The van der Waals surface area contributed by atoms with Gasteiger partial charge in [-0.25, -0.2) is 9.97 Å². The Kier molecular flexibility index (Phi) is 5.75. The minimum atomic E-state index is 0.248. The largest absolute Gasteiger partial charge is 0.472 e. The van der Waals surface area contributed by atoms with Crippen LogP contribution in [0.4, 0.5) is 0 Å². The molecule has 0 atom stereocenters. The summed E-state index contributed by atoms with van der Waals surface area (Å²) in [5.41, 5.74) is 2.34. The molecule has 0 bridgehead atoms. The van der Waals surface area contributed by atoms with Crippen molar-refractivity contribution in [3.63, 3.8) is 0 Å². The van der Waals surface area contributed by atoms with Gasteiger partial charge in [0, 0.05) is 31.2 Å². The molecule has 0 amide bonds. The minimum absolute atomic E-state index is 0.248. The van der Waals surface area contributed by atoms with E-state index in [0.29, 0.717) is 27.5 Å². The molecular weight excluding hydrogens is 375 g/mol. The summed E-state index contributed by atoms with van der Waals surface area (Å²) in [6, 6.07) is 9.29. The van der Waals surface area contributed by atoms with E-state index in [4.69, 9.17) is 32.8 Å². The second kappa shape index (κ2) is 8.21. The maximum absolute atomic E-state index is 6.12. The van der Waals surface area contributed by atoms with Crippen LogP contribution >= 0.6 is 23.2 Å². The molecule has 0 saturated heterocycles. The quantitative estimate of drug-likeness (QED) is 0.469. The maximum Gasteiger partial charge on any atom is 0.232 e. The zero-order valence-corrected chi connectivity index (χ0v) is 15.7. The Morgan fingerprint density at radius 3 is 2.73 bits per heavy atom. The van der Waals surface area contributed by atoms with Crippen molar-refractivity contribution in [3.8, 4) is 5.88 Å². The van der Waals surface area contributed by atoms with E-state index in [-0.39, 0.29) is 6.61 Å². The molecule has 26 heavy (non-hydrogen) atoms. The van der Waals surface area contributed by atoms with Crippen molar-refractivity contribution in [2.45, 2.75) is 6.61 Å². The van der Waals surface area contributed by atoms with Gasteiger partial charge in [0.2, 0.25) is 5.88 Å². The van der Waals surface area contributed by atoms with Crippen molar-refractivity contribution in [1.29, 1.82) is 0 Å². The van der Waals surface area contributed by atoms with Crippen molar-refractivity contribution >= 4 is 28.9 Å². The fraction of sp³-hybridized carbons (Fsp3) is 0.167. The van der Waals surface area contributed by atoms with Gasteiger partial charge in [0.1, 0.15) is 18.7 Å². The van der Waals surface area contributed by atoms with Crippen molar-refractivity contribution in [3.05, 3.63) is 75.9 Å². The molecule has 1 aromatic carbocycles. The SMILES string of the molecule is CO/N=C(\c1ccccc1COc1ncc(Cl)cc1Cl)c1nccn1C. The molecule has 3 aromatic rings. The van der Waals surface area contributed by atoms with Crippen molar-refractivity contribution < 1.29 is 9.57 Å². The van der Waals surface area contributed by atoms with Crippen LogP contribution in [-0.2, 0) is 18.5 Å². The van der Waals surface area contributed by atoms with Crippen molar-refractivity contribution in [2.24, 2.45) is 12.2 Å². The monoisotopic (exact) mass is 390 g/mol. The predicted octanol–water partition coefficient (Wildman–Crippen LogP) is 4.10. The van der Waals surface area contributed by atoms with Gasteiger partial charge in [0.15, 0.2) is 11.5 Å². The first-order chi connectivity index (χ1) is 12.6. The summed E-state index contributed by atoms with van der Waals surface area (Å²) < 4.78 is 7.64. The van der Waals surface area contributed by atoms with Crippen LogP contribution in [0.15, 0.2) is 54.1 Å². The molecule has 0 aliphatic rings. The van der Waals surface area contributed by atoms with Crippen LogP contribution in [0, 0.1) is 0 Å². The second-order valence-corrected chi connectivity index (χ2v) is 6.21. The van der Waals surface area contributed by atoms with E-state index in [9.17, 15) is 0 Å². The molecule has 8 heteroatoms. The zero-order chi connectivity index (χ0) is 18.5. The highest BCUT2D eigenvalue weighted by molar-refractivity contribution is 6.35.